The minimum Gasteiger partial charge on any atom is -0.291 e. The molecule has 0 saturated heterocycles. The zero-order valence-electron chi connectivity index (χ0n) is 14.8. The van der Waals surface area contributed by atoms with Gasteiger partial charge in [-0.3, -0.25) is 14.9 Å². The first-order valence-electron chi connectivity index (χ1n) is 8.85. The van der Waals surface area contributed by atoms with Crippen molar-refractivity contribution in [2.45, 2.75) is 71.1 Å². The summed E-state index contributed by atoms with van der Waals surface area (Å²) in [6, 6.07) is 0. The summed E-state index contributed by atoms with van der Waals surface area (Å²) in [7, 11) is 0. The molecule has 4 nitrogen and oxygen atoms in total. The molecular formula is C20H30NO3. The number of nitrogens with zero attached hydrogens (tertiary/aromatic N) is 1. The molecule has 0 aliphatic heterocycles. The van der Waals surface area contributed by atoms with E-state index < -0.39 is 0 Å². The Morgan fingerprint density at radius 3 is 2.17 bits per heavy atom. The molecule has 0 atom stereocenters. The van der Waals surface area contributed by atoms with Gasteiger partial charge in [0.15, 0.2) is 6.29 Å². The first-order valence-corrected chi connectivity index (χ1v) is 8.85. The van der Waals surface area contributed by atoms with Gasteiger partial charge in [-0.15, -0.1) is 0 Å². The van der Waals surface area contributed by atoms with Crippen LogP contribution in [0.2, 0.25) is 0 Å². The molecule has 0 rings (SSSR count). The SMILES string of the molecule is CCCCC/C=C/C/C=C/C/C=C/C/C=C(/CCC[C]=O)[N+](=O)[O-]. The van der Waals surface area contributed by atoms with E-state index in [1.165, 1.54) is 19.3 Å². The Balaban J connectivity index is 3.85. The Morgan fingerprint density at radius 1 is 0.958 bits per heavy atom. The number of hydrogen-bond donors (Lipinski definition) is 0. The number of allylic oxidation sites excluding steroid dienone is 8. The first kappa shape index (κ1) is 22.0. The van der Waals surface area contributed by atoms with Crippen LogP contribution < -0.4 is 0 Å². The molecule has 0 aliphatic carbocycles. The third-order valence-corrected chi connectivity index (χ3v) is 3.45. The molecule has 0 aliphatic rings. The molecule has 1 radical (unpaired) electrons. The van der Waals surface area contributed by atoms with Crippen LogP contribution in [0.25, 0.3) is 0 Å². The molecule has 0 spiro atoms. The van der Waals surface area contributed by atoms with Gasteiger partial charge >= 0.3 is 0 Å². The minimum atomic E-state index is -0.370. The maximum Gasteiger partial charge on any atom is 0.242 e. The highest BCUT2D eigenvalue weighted by Gasteiger charge is 2.08. The second kappa shape index (κ2) is 17.4. The molecule has 0 aromatic rings. The lowest BCUT2D eigenvalue weighted by Gasteiger charge is -1.95. The Kier molecular flexibility index (Phi) is 16.0. The monoisotopic (exact) mass is 332 g/mol. The summed E-state index contributed by atoms with van der Waals surface area (Å²) in [6.07, 6.45) is 24.4. The van der Waals surface area contributed by atoms with Crippen LogP contribution in [0.1, 0.15) is 71.1 Å². The summed E-state index contributed by atoms with van der Waals surface area (Å²) >= 11 is 0. The molecule has 0 bridgehead atoms. The first-order chi connectivity index (χ1) is 11.7. The van der Waals surface area contributed by atoms with Gasteiger partial charge in [-0.1, -0.05) is 56.2 Å². The van der Waals surface area contributed by atoms with Crippen LogP contribution in [-0.4, -0.2) is 11.2 Å². The summed E-state index contributed by atoms with van der Waals surface area (Å²) in [5, 5.41) is 10.8. The van der Waals surface area contributed by atoms with Crippen LogP contribution >= 0.6 is 0 Å². The van der Waals surface area contributed by atoms with Gasteiger partial charge in [-0.2, -0.15) is 0 Å². The normalized spacial score (nSPS) is 12.6. The summed E-state index contributed by atoms with van der Waals surface area (Å²) in [6.45, 7) is 2.21. The van der Waals surface area contributed by atoms with E-state index in [1.807, 2.05) is 12.2 Å². The van der Waals surface area contributed by atoms with Gasteiger partial charge in [0.2, 0.25) is 5.70 Å². The van der Waals surface area contributed by atoms with Crippen LogP contribution in [0.4, 0.5) is 0 Å². The molecule has 133 valence electrons. The summed E-state index contributed by atoms with van der Waals surface area (Å²) in [4.78, 5) is 20.6. The summed E-state index contributed by atoms with van der Waals surface area (Å²) in [5.74, 6) is 0. The highest BCUT2D eigenvalue weighted by molar-refractivity contribution is 5.50. The van der Waals surface area contributed by atoms with Crippen molar-refractivity contribution >= 4 is 6.29 Å². The maximum absolute atomic E-state index is 10.8. The quantitative estimate of drug-likeness (QED) is 0.164. The van der Waals surface area contributed by atoms with Crippen molar-refractivity contribution in [2.24, 2.45) is 0 Å². The van der Waals surface area contributed by atoms with Crippen molar-refractivity contribution in [3.8, 4) is 0 Å². The topological polar surface area (TPSA) is 60.2 Å². The van der Waals surface area contributed by atoms with E-state index in [2.05, 4.69) is 31.2 Å². The van der Waals surface area contributed by atoms with Crippen LogP contribution in [0.15, 0.2) is 48.2 Å². The number of hydrogen-bond acceptors (Lipinski definition) is 3. The van der Waals surface area contributed by atoms with Crippen LogP contribution in [0, 0.1) is 10.1 Å². The number of carbonyl (C=O) groups excluding carboxylic acids is 1. The fourth-order valence-corrected chi connectivity index (χ4v) is 2.08. The lowest BCUT2D eigenvalue weighted by Crippen LogP contribution is -1.98. The largest absolute Gasteiger partial charge is 0.291 e. The van der Waals surface area contributed by atoms with Crippen LogP contribution in [0.5, 0.6) is 0 Å². The Bertz CT molecular complexity index is 448. The average molecular weight is 332 g/mol. The van der Waals surface area contributed by atoms with Crippen molar-refractivity contribution in [2.75, 3.05) is 0 Å². The van der Waals surface area contributed by atoms with E-state index in [1.54, 1.807) is 12.4 Å². The van der Waals surface area contributed by atoms with E-state index in [4.69, 9.17) is 0 Å². The predicted octanol–water partition coefficient (Wildman–Crippen LogP) is 5.85. The highest BCUT2D eigenvalue weighted by atomic mass is 16.6. The lowest BCUT2D eigenvalue weighted by molar-refractivity contribution is -0.428. The van der Waals surface area contributed by atoms with E-state index in [0.29, 0.717) is 19.3 Å². The van der Waals surface area contributed by atoms with E-state index >= 15 is 0 Å². The van der Waals surface area contributed by atoms with Crippen molar-refractivity contribution < 1.29 is 9.72 Å². The number of rotatable bonds is 15. The predicted molar refractivity (Wildman–Crippen MR) is 100 cm³/mol. The molecule has 0 amide bonds. The van der Waals surface area contributed by atoms with E-state index in [9.17, 15) is 14.9 Å². The molecule has 0 saturated carbocycles. The van der Waals surface area contributed by atoms with Gasteiger partial charge in [0.1, 0.15) is 0 Å². The van der Waals surface area contributed by atoms with Crippen LogP contribution in [-0.2, 0) is 4.79 Å². The van der Waals surface area contributed by atoms with Crippen molar-refractivity contribution in [1.82, 2.24) is 0 Å². The van der Waals surface area contributed by atoms with Crippen molar-refractivity contribution in [3.05, 3.63) is 58.3 Å². The second-order valence-electron chi connectivity index (χ2n) is 5.57. The highest BCUT2D eigenvalue weighted by Crippen LogP contribution is 2.09. The molecule has 24 heavy (non-hydrogen) atoms. The molecule has 0 aromatic heterocycles. The van der Waals surface area contributed by atoms with Crippen molar-refractivity contribution in [3.63, 3.8) is 0 Å². The zero-order valence-corrected chi connectivity index (χ0v) is 14.8. The summed E-state index contributed by atoms with van der Waals surface area (Å²) in [5.41, 5.74) is 0.179. The van der Waals surface area contributed by atoms with Crippen LogP contribution in [0.3, 0.4) is 0 Å². The molecular weight excluding hydrogens is 302 g/mol. The smallest absolute Gasteiger partial charge is 0.242 e. The van der Waals surface area contributed by atoms with Gasteiger partial charge < -0.3 is 0 Å². The lowest BCUT2D eigenvalue weighted by atomic mass is 10.2. The Labute approximate surface area is 146 Å². The van der Waals surface area contributed by atoms with Gasteiger partial charge in [-0.05, 0) is 44.6 Å². The molecule has 0 unspecified atom stereocenters. The maximum atomic E-state index is 10.8. The molecule has 0 heterocycles. The molecule has 0 N–H and O–H groups in total. The Morgan fingerprint density at radius 2 is 1.58 bits per heavy atom. The van der Waals surface area contributed by atoms with Gasteiger partial charge in [-0.25, -0.2) is 0 Å². The third-order valence-electron chi connectivity index (χ3n) is 3.45. The zero-order chi connectivity index (χ0) is 17.9. The fraction of sp³-hybridized carbons (Fsp3) is 0.550. The van der Waals surface area contributed by atoms with Gasteiger partial charge in [0.25, 0.3) is 0 Å². The number of nitro groups is 1. The van der Waals surface area contributed by atoms with Crippen molar-refractivity contribution in [1.29, 1.82) is 0 Å². The summed E-state index contributed by atoms with van der Waals surface area (Å²) < 4.78 is 0. The standard InChI is InChI=1S/C20H30NO3/c1-2-3-4-5-6-7-8-9-10-11-12-13-14-17-20(21(23)24)18-15-16-19-22/h6-7,9-10,12-13,17H,2-5,8,11,14-16,18H2,1H3/b7-6+,10-9+,13-12+,20-17-. The van der Waals surface area contributed by atoms with E-state index in [0.717, 1.165) is 19.3 Å². The second-order valence-corrected chi connectivity index (χ2v) is 5.57. The molecule has 4 heteroatoms. The Hall–Kier alpha value is -1.97. The average Bonchev–Trinajstić information content (AvgIpc) is 2.57. The number of unbranched alkanes of at least 4 members (excludes halogenated alkanes) is 4. The third kappa shape index (κ3) is 14.9. The molecule has 0 fully saturated rings. The molecule has 0 aromatic carbocycles. The van der Waals surface area contributed by atoms with Gasteiger partial charge in [0, 0.05) is 12.8 Å². The minimum absolute atomic E-state index is 0.179. The van der Waals surface area contributed by atoms with E-state index in [-0.39, 0.29) is 17.0 Å². The fourth-order valence-electron chi connectivity index (χ4n) is 2.08. The van der Waals surface area contributed by atoms with Gasteiger partial charge in [0.05, 0.1) is 4.92 Å².